The molecule has 100 valence electrons. The van der Waals surface area contributed by atoms with Crippen molar-refractivity contribution in [2.24, 2.45) is 0 Å². The Kier molecular flexibility index (Phi) is 4.11. The normalized spacial score (nSPS) is 21.6. The molecular weight excluding hydrogens is 271 g/mol. The Balaban J connectivity index is 0.00000162. The number of carbonyl (C=O) groups is 1. The van der Waals surface area contributed by atoms with E-state index in [1.165, 1.54) is 12.1 Å². The number of carbonyl (C=O) groups excluding carboxylic acids is 1. The summed E-state index contributed by atoms with van der Waals surface area (Å²) >= 11 is 0. The zero-order valence-electron chi connectivity index (χ0n) is 9.38. The first-order valence-electron chi connectivity index (χ1n) is 4.97. The van der Waals surface area contributed by atoms with Gasteiger partial charge in [-0.15, -0.1) is 12.4 Å². The number of hydrogen-bond acceptors (Lipinski definition) is 2. The number of hydrogen-bond donors (Lipinski definition) is 1. The van der Waals surface area contributed by atoms with Gasteiger partial charge in [0.1, 0.15) is 11.9 Å². The van der Waals surface area contributed by atoms with Crippen LogP contribution in [0, 0.1) is 12.7 Å². The van der Waals surface area contributed by atoms with Crippen molar-refractivity contribution in [2.45, 2.75) is 18.9 Å². The maximum Gasteiger partial charge on any atom is 0.408 e. The Morgan fingerprint density at radius 2 is 2.11 bits per heavy atom. The smallest absolute Gasteiger partial charge is 0.408 e. The lowest BCUT2D eigenvalue weighted by molar-refractivity contribution is -0.105. The van der Waals surface area contributed by atoms with E-state index in [1.807, 2.05) is 5.32 Å². The van der Waals surface area contributed by atoms with Crippen molar-refractivity contribution in [3.63, 3.8) is 0 Å². The topological polar surface area (TPSA) is 38.3 Å². The standard InChI is InChI=1S/C11H10F3NO2.ClH/c1-6-2-3-7(8(12)4-6)9-11(13,14)5-17-10(16)15-9;/h2-4,9H,5H2,1H3,(H,15,16);1H/t9-;/m1./s1. The van der Waals surface area contributed by atoms with Crippen molar-refractivity contribution < 1.29 is 22.7 Å². The van der Waals surface area contributed by atoms with Gasteiger partial charge in [-0.25, -0.2) is 18.0 Å². The Labute approximate surface area is 108 Å². The van der Waals surface area contributed by atoms with Crippen LogP contribution in [-0.2, 0) is 4.74 Å². The van der Waals surface area contributed by atoms with E-state index in [-0.39, 0.29) is 18.0 Å². The SMILES string of the molecule is Cc1ccc([C@H]2NC(=O)OCC2(F)F)c(F)c1.Cl. The van der Waals surface area contributed by atoms with Crippen LogP contribution in [0.3, 0.4) is 0 Å². The predicted molar refractivity (Wildman–Crippen MR) is 60.6 cm³/mol. The number of rotatable bonds is 1. The summed E-state index contributed by atoms with van der Waals surface area (Å²) in [5, 5.41) is 1.93. The van der Waals surface area contributed by atoms with Crippen molar-refractivity contribution in [1.29, 1.82) is 0 Å². The summed E-state index contributed by atoms with van der Waals surface area (Å²) in [5.74, 6) is -4.10. The highest BCUT2D eigenvalue weighted by Gasteiger charge is 2.47. The summed E-state index contributed by atoms with van der Waals surface area (Å²) in [6, 6.07) is 2.21. The third-order valence-corrected chi connectivity index (χ3v) is 2.55. The molecule has 18 heavy (non-hydrogen) atoms. The number of halogens is 4. The molecular formula is C11H11ClF3NO2. The summed E-state index contributed by atoms with van der Waals surface area (Å²) in [6.07, 6.45) is -0.971. The summed E-state index contributed by atoms with van der Waals surface area (Å²) in [5.41, 5.74) is 0.380. The molecule has 0 unspecified atom stereocenters. The summed E-state index contributed by atoms with van der Waals surface area (Å²) in [4.78, 5) is 10.9. The number of alkyl carbamates (subject to hydrolysis) is 1. The predicted octanol–water partition coefficient (Wildman–Crippen LogP) is 2.97. The fourth-order valence-electron chi connectivity index (χ4n) is 1.68. The molecule has 1 aliphatic rings. The Bertz CT molecular complexity index is 468. The molecule has 0 aliphatic carbocycles. The molecule has 3 nitrogen and oxygen atoms in total. The van der Waals surface area contributed by atoms with E-state index in [0.717, 1.165) is 6.07 Å². The van der Waals surface area contributed by atoms with Crippen LogP contribution in [0.15, 0.2) is 18.2 Å². The van der Waals surface area contributed by atoms with E-state index < -0.39 is 30.5 Å². The molecule has 0 spiro atoms. The van der Waals surface area contributed by atoms with Crippen molar-refractivity contribution in [3.8, 4) is 0 Å². The van der Waals surface area contributed by atoms with Crippen molar-refractivity contribution in [1.82, 2.24) is 5.32 Å². The number of benzene rings is 1. The Hall–Kier alpha value is -1.43. The minimum atomic E-state index is -3.33. The zero-order chi connectivity index (χ0) is 12.6. The number of nitrogens with one attached hydrogen (secondary N) is 1. The Morgan fingerprint density at radius 1 is 1.44 bits per heavy atom. The second-order valence-electron chi connectivity index (χ2n) is 3.94. The number of aryl methyl sites for hydroxylation is 1. The van der Waals surface area contributed by atoms with E-state index in [2.05, 4.69) is 4.74 Å². The number of cyclic esters (lactones) is 1. The first-order chi connectivity index (χ1) is 7.90. The highest BCUT2D eigenvalue weighted by Crippen LogP contribution is 2.35. The van der Waals surface area contributed by atoms with E-state index in [1.54, 1.807) is 6.92 Å². The van der Waals surface area contributed by atoms with Crippen LogP contribution in [0.25, 0.3) is 0 Å². The van der Waals surface area contributed by atoms with Crippen molar-refractivity contribution in [2.75, 3.05) is 6.61 Å². The average Bonchev–Trinajstić information content (AvgIpc) is 2.23. The monoisotopic (exact) mass is 281 g/mol. The molecule has 1 saturated heterocycles. The minimum absolute atomic E-state index is 0. The van der Waals surface area contributed by atoms with E-state index in [4.69, 9.17) is 0 Å². The van der Waals surface area contributed by atoms with Crippen LogP contribution in [0.4, 0.5) is 18.0 Å². The molecule has 1 aromatic carbocycles. The molecule has 2 rings (SSSR count). The number of amides is 1. The molecule has 1 heterocycles. The third kappa shape index (κ3) is 2.69. The van der Waals surface area contributed by atoms with E-state index >= 15 is 0 Å². The molecule has 1 fully saturated rings. The van der Waals surface area contributed by atoms with Gasteiger partial charge in [0.05, 0.1) is 0 Å². The molecule has 0 saturated carbocycles. The summed E-state index contributed by atoms with van der Waals surface area (Å²) in [6.45, 7) is 0.602. The second-order valence-corrected chi connectivity index (χ2v) is 3.94. The fourth-order valence-corrected chi connectivity index (χ4v) is 1.68. The van der Waals surface area contributed by atoms with Gasteiger partial charge >= 0.3 is 12.0 Å². The minimum Gasteiger partial charge on any atom is -0.443 e. The third-order valence-electron chi connectivity index (χ3n) is 2.55. The molecule has 7 heteroatoms. The first-order valence-corrected chi connectivity index (χ1v) is 4.97. The largest absolute Gasteiger partial charge is 0.443 e. The molecule has 1 aromatic rings. The van der Waals surface area contributed by atoms with Crippen molar-refractivity contribution >= 4 is 18.5 Å². The summed E-state index contributed by atoms with van der Waals surface area (Å²) < 4.78 is 44.8. The lowest BCUT2D eigenvalue weighted by atomic mass is 9.98. The van der Waals surface area contributed by atoms with Crippen LogP contribution in [0.1, 0.15) is 17.2 Å². The van der Waals surface area contributed by atoms with Gasteiger partial charge in [-0.05, 0) is 18.6 Å². The van der Waals surface area contributed by atoms with Gasteiger partial charge in [-0.3, -0.25) is 0 Å². The van der Waals surface area contributed by atoms with Crippen molar-refractivity contribution in [3.05, 3.63) is 35.1 Å². The maximum atomic E-state index is 13.6. The van der Waals surface area contributed by atoms with E-state index in [9.17, 15) is 18.0 Å². The van der Waals surface area contributed by atoms with Gasteiger partial charge in [0.25, 0.3) is 0 Å². The first kappa shape index (κ1) is 14.6. The zero-order valence-corrected chi connectivity index (χ0v) is 10.2. The molecule has 1 aliphatic heterocycles. The fraction of sp³-hybridized carbons (Fsp3) is 0.364. The van der Waals surface area contributed by atoms with Gasteiger partial charge in [0, 0.05) is 5.56 Å². The molecule has 0 bridgehead atoms. The maximum absolute atomic E-state index is 13.6. The number of ether oxygens (including phenoxy) is 1. The molecule has 1 N–H and O–H groups in total. The van der Waals surface area contributed by atoms with Crippen LogP contribution in [0.2, 0.25) is 0 Å². The average molecular weight is 282 g/mol. The lowest BCUT2D eigenvalue weighted by Gasteiger charge is -2.32. The second kappa shape index (κ2) is 5.06. The molecule has 0 aromatic heterocycles. The summed E-state index contributed by atoms with van der Waals surface area (Å²) in [7, 11) is 0. The number of alkyl halides is 2. The van der Waals surface area contributed by atoms with Crippen LogP contribution >= 0.6 is 12.4 Å². The van der Waals surface area contributed by atoms with Crippen LogP contribution < -0.4 is 5.32 Å². The Morgan fingerprint density at radius 3 is 2.72 bits per heavy atom. The molecule has 1 atom stereocenters. The lowest BCUT2D eigenvalue weighted by Crippen LogP contribution is -2.49. The van der Waals surface area contributed by atoms with E-state index in [0.29, 0.717) is 5.56 Å². The van der Waals surface area contributed by atoms with Gasteiger partial charge in [0.15, 0.2) is 6.61 Å². The highest BCUT2D eigenvalue weighted by atomic mass is 35.5. The quantitative estimate of drug-likeness (QED) is 0.859. The van der Waals surface area contributed by atoms with Gasteiger partial charge in [0.2, 0.25) is 0 Å². The van der Waals surface area contributed by atoms with Gasteiger partial charge in [-0.2, -0.15) is 0 Å². The molecule has 0 radical (unpaired) electrons. The van der Waals surface area contributed by atoms with Crippen LogP contribution in [-0.4, -0.2) is 18.6 Å². The van der Waals surface area contributed by atoms with Gasteiger partial charge < -0.3 is 10.1 Å². The van der Waals surface area contributed by atoms with Gasteiger partial charge in [-0.1, -0.05) is 12.1 Å². The highest BCUT2D eigenvalue weighted by molar-refractivity contribution is 5.85. The molecule has 1 amide bonds. The van der Waals surface area contributed by atoms with Crippen LogP contribution in [0.5, 0.6) is 0 Å².